The Bertz CT molecular complexity index is 923. The van der Waals surface area contributed by atoms with Crippen molar-refractivity contribution in [2.24, 2.45) is 0 Å². The minimum Gasteiger partial charge on any atom is -0.380 e. The molecule has 3 heterocycles. The molecule has 3 rings (SSSR count). The van der Waals surface area contributed by atoms with Gasteiger partial charge in [0.1, 0.15) is 23.5 Å². The van der Waals surface area contributed by atoms with Crippen LogP contribution in [0.25, 0.3) is 0 Å². The average molecular weight is 483 g/mol. The third-order valence-corrected chi connectivity index (χ3v) is 4.79. The predicted octanol–water partition coefficient (Wildman–Crippen LogP) is 1.39. The number of piperazine rings is 1. The fraction of sp³-hybridized carbons (Fsp3) is 0.550. The second kappa shape index (κ2) is 12.4. The standard InChI is InChI=1S/C20H29F3N10O/c1-2-34-10-7-28-17-16(14(24)11-27-12-20(21,22)23)31-19(33-8-5-25-6-9-33)32-18(17)30-15-3-4-26-13-29-15/h3-4,13,24-25,27-28H,2,5-12H2,1H3,(H,26,29,30,31,32). The minimum absolute atomic E-state index is 0.104. The van der Waals surface area contributed by atoms with Gasteiger partial charge in [0, 0.05) is 52.1 Å². The highest BCUT2D eigenvalue weighted by atomic mass is 19.4. The molecule has 0 radical (unpaired) electrons. The molecule has 1 aliphatic rings. The Morgan fingerprint density at radius 1 is 1.26 bits per heavy atom. The molecule has 0 aromatic carbocycles. The molecule has 2 aromatic heterocycles. The van der Waals surface area contributed by atoms with Crippen LogP contribution in [0.4, 0.5) is 36.4 Å². The summed E-state index contributed by atoms with van der Waals surface area (Å²) in [4.78, 5) is 19.3. The summed E-state index contributed by atoms with van der Waals surface area (Å²) in [7, 11) is 0. The molecular weight excluding hydrogens is 453 g/mol. The van der Waals surface area contributed by atoms with Crippen molar-refractivity contribution in [2.75, 3.05) is 74.6 Å². The topological polar surface area (TPSA) is 136 Å². The van der Waals surface area contributed by atoms with Crippen LogP contribution in [0.1, 0.15) is 12.6 Å². The van der Waals surface area contributed by atoms with Crippen LogP contribution in [0.5, 0.6) is 0 Å². The zero-order chi connectivity index (χ0) is 24.4. The van der Waals surface area contributed by atoms with Crippen molar-refractivity contribution in [1.29, 1.82) is 5.41 Å². The normalized spacial score (nSPS) is 14.2. The lowest BCUT2D eigenvalue weighted by molar-refractivity contribution is -0.124. The second-order valence-electron chi connectivity index (χ2n) is 7.37. The first-order valence-electron chi connectivity index (χ1n) is 10.9. The lowest BCUT2D eigenvalue weighted by atomic mass is 10.2. The number of nitrogens with one attached hydrogen (secondary N) is 5. The fourth-order valence-corrected chi connectivity index (χ4v) is 3.22. The van der Waals surface area contributed by atoms with Crippen LogP contribution >= 0.6 is 0 Å². The Kier molecular flexibility index (Phi) is 9.30. The fourth-order valence-electron chi connectivity index (χ4n) is 3.22. The highest BCUT2D eigenvalue weighted by Gasteiger charge is 2.27. The van der Waals surface area contributed by atoms with Crippen molar-refractivity contribution >= 4 is 29.0 Å². The molecule has 1 aliphatic heterocycles. The van der Waals surface area contributed by atoms with E-state index in [2.05, 4.69) is 41.2 Å². The monoisotopic (exact) mass is 482 g/mol. The van der Waals surface area contributed by atoms with E-state index in [1.165, 1.54) is 6.33 Å². The molecule has 0 amide bonds. The van der Waals surface area contributed by atoms with Crippen molar-refractivity contribution in [3.63, 3.8) is 0 Å². The maximum Gasteiger partial charge on any atom is 0.401 e. The van der Waals surface area contributed by atoms with Gasteiger partial charge in [0.2, 0.25) is 5.95 Å². The SMILES string of the molecule is CCOCCNc1c(Nc2ccncn2)nc(N2CCNCC2)nc1C(=N)CNCC(F)(F)F. The van der Waals surface area contributed by atoms with Gasteiger partial charge in [-0.15, -0.1) is 0 Å². The number of hydrogen-bond donors (Lipinski definition) is 5. The largest absolute Gasteiger partial charge is 0.401 e. The van der Waals surface area contributed by atoms with E-state index in [1.807, 2.05) is 11.8 Å². The van der Waals surface area contributed by atoms with Crippen LogP contribution in [-0.2, 0) is 4.74 Å². The summed E-state index contributed by atoms with van der Waals surface area (Å²) >= 11 is 0. The number of halogens is 3. The Morgan fingerprint density at radius 3 is 2.74 bits per heavy atom. The first-order chi connectivity index (χ1) is 16.4. The molecule has 2 aromatic rings. The summed E-state index contributed by atoms with van der Waals surface area (Å²) in [6, 6.07) is 1.66. The molecule has 34 heavy (non-hydrogen) atoms. The van der Waals surface area contributed by atoms with E-state index in [-0.39, 0.29) is 18.0 Å². The van der Waals surface area contributed by atoms with E-state index >= 15 is 0 Å². The van der Waals surface area contributed by atoms with Gasteiger partial charge in [-0.1, -0.05) is 0 Å². The maximum atomic E-state index is 12.6. The molecule has 0 aliphatic carbocycles. The lowest BCUT2D eigenvalue weighted by Crippen LogP contribution is -2.44. The van der Waals surface area contributed by atoms with Gasteiger partial charge < -0.3 is 36.3 Å². The van der Waals surface area contributed by atoms with Gasteiger partial charge in [-0.25, -0.2) is 15.0 Å². The second-order valence-corrected chi connectivity index (χ2v) is 7.37. The number of nitrogens with zero attached hydrogens (tertiary/aromatic N) is 5. The molecule has 1 fully saturated rings. The number of ether oxygens (including phenoxy) is 1. The smallest absolute Gasteiger partial charge is 0.380 e. The first kappa shape index (κ1) is 25.5. The quantitative estimate of drug-likeness (QED) is 0.223. The number of anilines is 4. The van der Waals surface area contributed by atoms with Crippen LogP contribution in [-0.4, -0.2) is 90.9 Å². The minimum atomic E-state index is -4.38. The molecule has 0 spiro atoms. The summed E-state index contributed by atoms with van der Waals surface area (Å²) in [5.74, 6) is 1.21. The van der Waals surface area contributed by atoms with Crippen LogP contribution < -0.4 is 26.2 Å². The highest BCUT2D eigenvalue weighted by molar-refractivity contribution is 6.05. The van der Waals surface area contributed by atoms with Crippen LogP contribution in [0.3, 0.4) is 0 Å². The molecule has 5 N–H and O–H groups in total. The van der Waals surface area contributed by atoms with Crippen molar-refractivity contribution in [1.82, 2.24) is 30.6 Å². The Morgan fingerprint density at radius 2 is 2.06 bits per heavy atom. The third kappa shape index (κ3) is 7.74. The van der Waals surface area contributed by atoms with Crippen LogP contribution in [0, 0.1) is 5.41 Å². The van der Waals surface area contributed by atoms with E-state index in [0.29, 0.717) is 56.1 Å². The lowest BCUT2D eigenvalue weighted by Gasteiger charge is -2.29. The van der Waals surface area contributed by atoms with E-state index in [0.717, 1.165) is 13.1 Å². The van der Waals surface area contributed by atoms with Crippen molar-refractivity contribution in [3.8, 4) is 0 Å². The number of aromatic nitrogens is 4. The maximum absolute atomic E-state index is 12.6. The van der Waals surface area contributed by atoms with Gasteiger partial charge in [-0.2, -0.15) is 18.2 Å². The van der Waals surface area contributed by atoms with Gasteiger partial charge in [0.05, 0.1) is 18.9 Å². The molecule has 1 saturated heterocycles. The van der Waals surface area contributed by atoms with Crippen molar-refractivity contribution in [2.45, 2.75) is 13.1 Å². The number of hydrogen-bond acceptors (Lipinski definition) is 11. The van der Waals surface area contributed by atoms with Gasteiger partial charge in [0.25, 0.3) is 0 Å². The summed E-state index contributed by atoms with van der Waals surface area (Å²) in [6.45, 7) is 4.47. The molecule has 11 nitrogen and oxygen atoms in total. The van der Waals surface area contributed by atoms with E-state index in [9.17, 15) is 13.2 Å². The molecule has 0 bridgehead atoms. The number of rotatable bonds is 12. The van der Waals surface area contributed by atoms with Gasteiger partial charge in [-0.05, 0) is 13.0 Å². The Labute approximate surface area is 195 Å². The van der Waals surface area contributed by atoms with Gasteiger partial charge in [-0.3, -0.25) is 0 Å². The summed E-state index contributed by atoms with van der Waals surface area (Å²) in [6.07, 6.45) is -1.43. The first-order valence-corrected chi connectivity index (χ1v) is 10.9. The van der Waals surface area contributed by atoms with Crippen LogP contribution in [0.2, 0.25) is 0 Å². The summed E-state index contributed by atoms with van der Waals surface area (Å²) < 4.78 is 43.2. The molecular formula is C20H29F3N10O. The molecule has 0 atom stereocenters. The zero-order valence-corrected chi connectivity index (χ0v) is 18.9. The highest BCUT2D eigenvalue weighted by Crippen LogP contribution is 2.29. The number of alkyl halides is 3. The van der Waals surface area contributed by atoms with E-state index < -0.39 is 12.7 Å². The molecule has 14 heteroatoms. The Hall–Kier alpha value is -3.10. The molecule has 0 unspecified atom stereocenters. The average Bonchev–Trinajstić information content (AvgIpc) is 2.82. The van der Waals surface area contributed by atoms with Crippen molar-refractivity contribution in [3.05, 3.63) is 24.3 Å². The van der Waals surface area contributed by atoms with Gasteiger partial charge >= 0.3 is 6.18 Å². The van der Waals surface area contributed by atoms with Crippen molar-refractivity contribution < 1.29 is 17.9 Å². The zero-order valence-electron chi connectivity index (χ0n) is 18.9. The van der Waals surface area contributed by atoms with Gasteiger partial charge in [0.15, 0.2) is 5.82 Å². The molecule has 186 valence electrons. The Balaban J connectivity index is 1.96. The summed E-state index contributed by atoms with van der Waals surface area (Å²) in [5, 5.41) is 20.3. The third-order valence-electron chi connectivity index (χ3n) is 4.79. The predicted molar refractivity (Wildman–Crippen MR) is 123 cm³/mol. The summed E-state index contributed by atoms with van der Waals surface area (Å²) in [5.41, 5.74) is 0.481. The van der Waals surface area contributed by atoms with Crippen LogP contribution in [0.15, 0.2) is 18.6 Å². The van der Waals surface area contributed by atoms with E-state index in [1.54, 1.807) is 12.3 Å². The van der Waals surface area contributed by atoms with E-state index in [4.69, 9.17) is 10.1 Å². The molecule has 0 saturated carbocycles.